The third kappa shape index (κ3) is 4.03. The molecule has 3 aromatic rings. The van der Waals surface area contributed by atoms with Crippen molar-refractivity contribution in [3.05, 3.63) is 41.0 Å². The van der Waals surface area contributed by atoms with E-state index in [1.165, 1.54) is 32.1 Å². The molecule has 0 bridgehead atoms. The van der Waals surface area contributed by atoms with Gasteiger partial charge in [-0.3, -0.25) is 4.68 Å². The van der Waals surface area contributed by atoms with Crippen molar-refractivity contribution in [2.45, 2.75) is 83.0 Å². The van der Waals surface area contributed by atoms with E-state index in [1.54, 1.807) is 0 Å². The first-order chi connectivity index (χ1) is 16.6. The highest BCUT2D eigenvalue weighted by molar-refractivity contribution is 5.81. The van der Waals surface area contributed by atoms with E-state index in [0.717, 1.165) is 47.7 Å². The van der Waals surface area contributed by atoms with E-state index >= 15 is 0 Å². The Balaban J connectivity index is 1.38. The molecule has 2 aliphatic carbocycles. The number of hydrogen-bond donors (Lipinski definition) is 0. The fourth-order valence-electron chi connectivity index (χ4n) is 5.45. The smallest absolute Gasteiger partial charge is 0.227 e. The molecule has 0 amide bonds. The number of aryl methyl sites for hydroxylation is 1. The Bertz CT molecular complexity index is 1250. The first kappa shape index (κ1) is 21.5. The Morgan fingerprint density at radius 2 is 1.88 bits per heavy atom. The monoisotopic (exact) mass is 457 g/mol. The number of nitriles is 1. The number of rotatable bonds is 4. The maximum absolute atomic E-state index is 9.58. The van der Waals surface area contributed by atoms with Gasteiger partial charge in [0.05, 0.1) is 41.8 Å². The molecule has 34 heavy (non-hydrogen) atoms. The quantitative estimate of drug-likeness (QED) is 0.558. The average molecular weight is 458 g/mol. The van der Waals surface area contributed by atoms with Crippen molar-refractivity contribution >= 4 is 17.0 Å². The van der Waals surface area contributed by atoms with Crippen LogP contribution in [0.2, 0.25) is 0 Å². The number of morpholine rings is 1. The summed E-state index contributed by atoms with van der Waals surface area (Å²) in [5.74, 6) is 1.11. The number of anilines is 1. The molecule has 0 N–H and O–H groups in total. The van der Waals surface area contributed by atoms with Crippen molar-refractivity contribution in [1.29, 1.82) is 5.26 Å². The summed E-state index contributed by atoms with van der Waals surface area (Å²) in [7, 11) is 0. The summed E-state index contributed by atoms with van der Waals surface area (Å²) in [5, 5.41) is 15.1. The molecule has 6 rings (SSSR count). The Morgan fingerprint density at radius 3 is 2.65 bits per heavy atom. The Kier molecular flexibility index (Phi) is 5.45. The number of hydrogen-bond acceptors (Lipinski definition) is 7. The summed E-state index contributed by atoms with van der Waals surface area (Å²) in [6.45, 7) is 5.41. The average Bonchev–Trinajstić information content (AvgIpc) is 3.59. The van der Waals surface area contributed by atoms with Gasteiger partial charge in [-0.1, -0.05) is 19.3 Å². The van der Waals surface area contributed by atoms with Gasteiger partial charge >= 0.3 is 0 Å². The van der Waals surface area contributed by atoms with Gasteiger partial charge in [0.2, 0.25) is 5.95 Å². The third-order valence-electron chi connectivity index (χ3n) is 7.46. The molecule has 4 heterocycles. The minimum Gasteiger partial charge on any atom is -0.367 e. The van der Waals surface area contributed by atoms with Gasteiger partial charge in [0.15, 0.2) is 5.65 Å². The molecule has 0 radical (unpaired) electrons. The Morgan fingerprint density at radius 1 is 1.06 bits per heavy atom. The third-order valence-corrected chi connectivity index (χ3v) is 7.46. The summed E-state index contributed by atoms with van der Waals surface area (Å²) in [6, 6.07) is 4.79. The van der Waals surface area contributed by atoms with Crippen LogP contribution in [0.15, 0.2) is 18.5 Å². The summed E-state index contributed by atoms with van der Waals surface area (Å²) in [4.78, 5) is 17.0. The molecular weight excluding hydrogens is 426 g/mol. The summed E-state index contributed by atoms with van der Waals surface area (Å²) in [5.41, 5.74) is 4.19. The lowest BCUT2D eigenvalue weighted by molar-refractivity contribution is -0.0179. The van der Waals surface area contributed by atoms with Crippen LogP contribution in [0.5, 0.6) is 0 Å². The van der Waals surface area contributed by atoms with Gasteiger partial charge in [-0.05, 0) is 45.6 Å². The predicted octanol–water partition coefficient (Wildman–Crippen LogP) is 4.75. The molecule has 2 atom stereocenters. The van der Waals surface area contributed by atoms with E-state index in [4.69, 9.17) is 19.7 Å². The molecule has 3 aromatic heterocycles. The zero-order chi connectivity index (χ0) is 23.2. The van der Waals surface area contributed by atoms with Crippen LogP contribution in [0.1, 0.15) is 92.4 Å². The molecule has 1 aliphatic heterocycles. The lowest BCUT2D eigenvalue weighted by atomic mass is 9.85. The normalized spacial score (nSPS) is 23.9. The first-order valence-electron chi connectivity index (χ1n) is 12.6. The van der Waals surface area contributed by atoms with Crippen LogP contribution in [0, 0.1) is 18.3 Å². The van der Waals surface area contributed by atoms with Gasteiger partial charge in [0, 0.05) is 29.6 Å². The van der Waals surface area contributed by atoms with Crippen molar-refractivity contribution < 1.29 is 4.74 Å². The SMILES string of the molecule is Cc1nc2nc(N3C[C@@H](C)O[C@@H](c4cnn(C5CC5)c4)C3)nc(C3CCCCC3)c2cc1C#N. The fourth-order valence-corrected chi connectivity index (χ4v) is 5.45. The number of ether oxygens (including phenoxy) is 1. The Labute approximate surface area is 200 Å². The van der Waals surface area contributed by atoms with Crippen molar-refractivity contribution in [3.63, 3.8) is 0 Å². The maximum atomic E-state index is 9.58. The zero-order valence-corrected chi connectivity index (χ0v) is 19.9. The van der Waals surface area contributed by atoms with E-state index < -0.39 is 0 Å². The summed E-state index contributed by atoms with van der Waals surface area (Å²) < 4.78 is 8.40. The molecule has 0 unspecified atom stereocenters. The van der Waals surface area contributed by atoms with Gasteiger partial charge in [0.1, 0.15) is 12.2 Å². The highest BCUT2D eigenvalue weighted by Gasteiger charge is 2.32. The van der Waals surface area contributed by atoms with Crippen molar-refractivity contribution in [1.82, 2.24) is 24.7 Å². The largest absolute Gasteiger partial charge is 0.367 e. The zero-order valence-electron chi connectivity index (χ0n) is 19.9. The number of pyridine rings is 1. The minimum atomic E-state index is -0.0654. The Hall–Kier alpha value is -3.05. The number of aromatic nitrogens is 5. The fraction of sp³-hybridized carbons (Fsp3) is 0.577. The molecule has 3 aliphatic rings. The van der Waals surface area contributed by atoms with Crippen molar-refractivity contribution in [3.8, 4) is 6.07 Å². The first-order valence-corrected chi connectivity index (χ1v) is 12.6. The van der Waals surface area contributed by atoms with Gasteiger partial charge in [-0.15, -0.1) is 0 Å². The molecule has 3 fully saturated rings. The van der Waals surface area contributed by atoms with Crippen LogP contribution in [0.25, 0.3) is 11.0 Å². The van der Waals surface area contributed by atoms with Crippen LogP contribution in [0.4, 0.5) is 5.95 Å². The highest BCUT2D eigenvalue weighted by Crippen LogP contribution is 2.38. The lowest BCUT2D eigenvalue weighted by Gasteiger charge is -2.37. The van der Waals surface area contributed by atoms with Crippen LogP contribution in [-0.2, 0) is 4.74 Å². The number of nitrogens with zero attached hydrogens (tertiary/aromatic N) is 7. The van der Waals surface area contributed by atoms with Gasteiger partial charge in [0.25, 0.3) is 0 Å². The van der Waals surface area contributed by atoms with Crippen LogP contribution >= 0.6 is 0 Å². The molecule has 176 valence electrons. The number of fused-ring (bicyclic) bond motifs is 1. The van der Waals surface area contributed by atoms with E-state index in [0.29, 0.717) is 29.7 Å². The summed E-state index contributed by atoms with van der Waals surface area (Å²) in [6.07, 6.45) is 12.5. The molecule has 8 heteroatoms. The van der Waals surface area contributed by atoms with E-state index in [-0.39, 0.29) is 12.2 Å². The molecular formula is C26H31N7O. The van der Waals surface area contributed by atoms with E-state index in [1.807, 2.05) is 19.2 Å². The maximum Gasteiger partial charge on any atom is 0.227 e. The van der Waals surface area contributed by atoms with Gasteiger partial charge in [-0.2, -0.15) is 15.3 Å². The van der Waals surface area contributed by atoms with Crippen LogP contribution < -0.4 is 4.90 Å². The lowest BCUT2D eigenvalue weighted by Crippen LogP contribution is -2.43. The van der Waals surface area contributed by atoms with E-state index in [2.05, 4.69) is 33.9 Å². The second kappa shape index (κ2) is 8.62. The van der Waals surface area contributed by atoms with E-state index in [9.17, 15) is 5.26 Å². The second-order valence-electron chi connectivity index (χ2n) is 10.2. The van der Waals surface area contributed by atoms with Crippen LogP contribution in [0.3, 0.4) is 0 Å². The predicted molar refractivity (Wildman–Crippen MR) is 129 cm³/mol. The molecule has 0 aromatic carbocycles. The minimum absolute atomic E-state index is 0.0520. The standard InChI is InChI=1S/C26H31N7O/c1-16-13-32(15-23(34-16)20-12-28-33(14-20)21-8-9-21)26-30-24(18-6-4-3-5-7-18)22-10-19(11-27)17(2)29-25(22)31-26/h10,12,14,16,18,21,23H,3-9,13,15H2,1-2H3/t16-,23-/m1/s1. The van der Waals surface area contributed by atoms with Gasteiger partial charge < -0.3 is 9.64 Å². The molecule has 8 nitrogen and oxygen atoms in total. The van der Waals surface area contributed by atoms with Crippen LogP contribution in [-0.4, -0.2) is 43.9 Å². The molecule has 2 saturated carbocycles. The molecule has 0 spiro atoms. The van der Waals surface area contributed by atoms with Crippen molar-refractivity contribution in [2.75, 3.05) is 18.0 Å². The van der Waals surface area contributed by atoms with Gasteiger partial charge in [-0.25, -0.2) is 9.97 Å². The topological polar surface area (TPSA) is 92.8 Å². The second-order valence-corrected chi connectivity index (χ2v) is 10.2. The van der Waals surface area contributed by atoms with Crippen molar-refractivity contribution in [2.24, 2.45) is 0 Å². The summed E-state index contributed by atoms with van der Waals surface area (Å²) >= 11 is 0. The highest BCUT2D eigenvalue weighted by atomic mass is 16.5. The molecule has 1 saturated heterocycles.